The number of piperidine rings is 1. The summed E-state index contributed by atoms with van der Waals surface area (Å²) in [5.74, 6) is -0.958. The smallest absolute Gasteiger partial charge is 0.410 e. The Kier molecular flexibility index (Phi) is 14.0. The predicted molar refractivity (Wildman–Crippen MR) is 226 cm³/mol. The molecule has 5 N–H and O–H groups in total. The molecular weight excluding hydrogens is 800 g/mol. The van der Waals surface area contributed by atoms with Crippen molar-refractivity contribution in [1.82, 2.24) is 25.1 Å². The number of aryl methyl sites for hydroxylation is 1. The number of thiazole rings is 2. The molecule has 58 heavy (non-hydrogen) atoms. The van der Waals surface area contributed by atoms with Crippen LogP contribution in [0.15, 0.2) is 53.5 Å². The molecule has 0 unspecified atom stereocenters. The molecule has 310 valence electrons. The molecule has 17 heteroatoms. The van der Waals surface area contributed by atoms with E-state index in [1.165, 1.54) is 11.3 Å². The number of carbonyl (C=O) groups excluding carboxylic acids is 4. The van der Waals surface area contributed by atoms with Crippen LogP contribution < -0.4 is 16.8 Å². The van der Waals surface area contributed by atoms with Crippen molar-refractivity contribution in [1.29, 1.82) is 0 Å². The molecule has 3 amide bonds. The van der Waals surface area contributed by atoms with Gasteiger partial charge >= 0.3 is 6.09 Å². The van der Waals surface area contributed by atoms with Gasteiger partial charge in [-0.1, -0.05) is 35.9 Å². The summed E-state index contributed by atoms with van der Waals surface area (Å²) in [6, 6.07) is 12.9. The standard InChI is InChI=1S/C41H51ClN8O6S2/c1-24-31(48-37(57-24)26-15-18-49(19-16-26)40(54)56-41(2,3)4)21-34(51)50-22-28(55-23-25-11-13-27(42)14-12-25)20-32(50)36(53)46-30(9-7-17-45-39(43)44)35(52)38-47-29-8-5-6-10-33(29)58-38/h5-6,8,10-14,26,28,30,32H,7,9,15-23H2,1-4H3,(H,46,53)(H4,43,44,45)/t28-,30+,32+/m1/s1. The third-order valence-corrected chi connectivity index (χ3v) is 12.6. The maximum atomic E-state index is 14.3. The van der Waals surface area contributed by atoms with Gasteiger partial charge in [0.25, 0.3) is 0 Å². The SMILES string of the molecule is Cc1sc(C2CCN(C(=O)OC(C)(C)C)CC2)nc1CC(=O)N1C[C@H](OCc2ccc(Cl)cc2)C[C@H]1C(=O)N[C@@H](CCCN=C(N)N)C(=O)c1nc2ccccc2s1. The van der Waals surface area contributed by atoms with Crippen molar-refractivity contribution in [3.8, 4) is 0 Å². The van der Waals surface area contributed by atoms with E-state index in [0.29, 0.717) is 35.7 Å². The molecule has 2 aliphatic rings. The Bertz CT molecular complexity index is 2090. The van der Waals surface area contributed by atoms with Crippen molar-refractivity contribution < 1.29 is 28.7 Å². The van der Waals surface area contributed by atoms with E-state index >= 15 is 0 Å². The quantitative estimate of drug-likeness (QED) is 0.0588. The largest absolute Gasteiger partial charge is 0.444 e. The predicted octanol–water partition coefficient (Wildman–Crippen LogP) is 5.98. The maximum Gasteiger partial charge on any atom is 0.410 e. The second kappa shape index (κ2) is 19.0. The van der Waals surface area contributed by atoms with E-state index in [1.807, 2.05) is 64.1 Å². The number of ketones is 1. The van der Waals surface area contributed by atoms with Crippen LogP contribution in [0.25, 0.3) is 10.2 Å². The van der Waals surface area contributed by atoms with E-state index in [-0.39, 0.29) is 73.6 Å². The van der Waals surface area contributed by atoms with Gasteiger partial charge < -0.3 is 36.1 Å². The van der Waals surface area contributed by atoms with Crippen molar-refractivity contribution >= 4 is 74.1 Å². The summed E-state index contributed by atoms with van der Waals surface area (Å²) in [7, 11) is 0. The Morgan fingerprint density at radius 2 is 1.76 bits per heavy atom. The summed E-state index contributed by atoms with van der Waals surface area (Å²) in [6.07, 6.45) is 1.63. The van der Waals surface area contributed by atoms with Gasteiger partial charge in [-0.05, 0) is 83.2 Å². The topological polar surface area (TPSA) is 195 Å². The molecule has 2 fully saturated rings. The zero-order chi connectivity index (χ0) is 41.6. The Labute approximate surface area is 351 Å². The van der Waals surface area contributed by atoms with Gasteiger partial charge in [0.2, 0.25) is 17.6 Å². The number of guanidine groups is 1. The average molecular weight is 851 g/mol. The van der Waals surface area contributed by atoms with Crippen LogP contribution in [0, 0.1) is 6.92 Å². The lowest BCUT2D eigenvalue weighted by Gasteiger charge is -2.32. The van der Waals surface area contributed by atoms with Crippen molar-refractivity contribution in [2.45, 2.75) is 103 Å². The molecule has 0 bridgehead atoms. The van der Waals surface area contributed by atoms with Gasteiger partial charge in [0.15, 0.2) is 11.0 Å². The lowest BCUT2D eigenvalue weighted by Crippen LogP contribution is -2.51. The summed E-state index contributed by atoms with van der Waals surface area (Å²) < 4.78 is 12.7. The minimum atomic E-state index is -0.932. The number of aromatic nitrogens is 2. The van der Waals surface area contributed by atoms with E-state index in [4.69, 9.17) is 37.5 Å². The number of likely N-dealkylation sites (tertiary alicyclic amines) is 2. The lowest BCUT2D eigenvalue weighted by atomic mass is 9.98. The Morgan fingerprint density at radius 1 is 1.03 bits per heavy atom. The molecule has 0 aliphatic carbocycles. The number of nitrogens with one attached hydrogen (secondary N) is 1. The first-order valence-corrected chi connectivity index (χ1v) is 21.5. The van der Waals surface area contributed by atoms with Gasteiger partial charge in [0, 0.05) is 48.4 Å². The highest BCUT2D eigenvalue weighted by Crippen LogP contribution is 2.34. The first-order valence-electron chi connectivity index (χ1n) is 19.5. The molecule has 2 aromatic carbocycles. The Morgan fingerprint density at radius 3 is 2.45 bits per heavy atom. The number of para-hydroxylation sites is 1. The minimum absolute atomic E-state index is 0.000645. The minimum Gasteiger partial charge on any atom is -0.444 e. The molecule has 4 aromatic rings. The lowest BCUT2D eigenvalue weighted by molar-refractivity contribution is -0.138. The fraction of sp³-hybridized carbons (Fsp3) is 0.488. The summed E-state index contributed by atoms with van der Waals surface area (Å²) in [5, 5.41) is 4.79. The molecule has 0 radical (unpaired) electrons. The van der Waals surface area contributed by atoms with Crippen LogP contribution in [-0.2, 0) is 32.1 Å². The number of Topliss-reactive ketones (excluding diaryl/α,β-unsaturated/α-hetero) is 1. The van der Waals surface area contributed by atoms with Crippen molar-refractivity contribution in [2.24, 2.45) is 16.5 Å². The number of nitrogens with two attached hydrogens (primary N) is 2. The molecule has 4 heterocycles. The molecule has 14 nitrogen and oxygen atoms in total. The van der Waals surface area contributed by atoms with E-state index in [1.54, 1.807) is 33.3 Å². The van der Waals surface area contributed by atoms with Crippen LogP contribution in [0.4, 0.5) is 4.79 Å². The van der Waals surface area contributed by atoms with Crippen LogP contribution in [0.2, 0.25) is 5.02 Å². The highest BCUT2D eigenvalue weighted by Gasteiger charge is 2.42. The summed E-state index contributed by atoms with van der Waals surface area (Å²) >= 11 is 8.92. The second-order valence-corrected chi connectivity index (χ2v) is 18.4. The third-order valence-electron chi connectivity index (χ3n) is 10.1. The molecule has 2 aliphatic heterocycles. The molecule has 0 saturated carbocycles. The van der Waals surface area contributed by atoms with Gasteiger partial charge in [-0.25, -0.2) is 14.8 Å². The maximum absolute atomic E-state index is 14.3. The Hall–Kier alpha value is -4.64. The van der Waals surface area contributed by atoms with Gasteiger partial charge in [-0.2, -0.15) is 0 Å². The fourth-order valence-electron chi connectivity index (χ4n) is 7.07. The van der Waals surface area contributed by atoms with E-state index in [2.05, 4.69) is 15.3 Å². The number of hydrogen-bond acceptors (Lipinski definition) is 11. The van der Waals surface area contributed by atoms with Crippen LogP contribution >= 0.6 is 34.3 Å². The highest BCUT2D eigenvalue weighted by molar-refractivity contribution is 7.20. The summed E-state index contributed by atoms with van der Waals surface area (Å²) in [5.41, 5.74) is 12.8. The number of benzene rings is 2. The van der Waals surface area contributed by atoms with Gasteiger partial charge in [0.1, 0.15) is 11.6 Å². The molecule has 2 aromatic heterocycles. The average Bonchev–Trinajstić information content (AvgIpc) is 3.92. The number of rotatable bonds is 14. The normalized spacial score (nSPS) is 17.9. The van der Waals surface area contributed by atoms with E-state index < -0.39 is 29.7 Å². The highest BCUT2D eigenvalue weighted by atomic mass is 35.5. The summed E-state index contributed by atoms with van der Waals surface area (Å²) in [4.78, 5) is 72.9. The van der Waals surface area contributed by atoms with E-state index in [0.717, 1.165) is 33.0 Å². The molecule has 6 rings (SSSR count). The molecule has 0 spiro atoms. The molecule has 2 saturated heterocycles. The second-order valence-electron chi connectivity index (χ2n) is 15.7. The Balaban J connectivity index is 1.17. The first-order chi connectivity index (χ1) is 27.6. The molecular formula is C41H51ClN8O6S2. The van der Waals surface area contributed by atoms with Crippen LogP contribution in [-0.4, -0.2) is 99.4 Å². The zero-order valence-electron chi connectivity index (χ0n) is 33.2. The number of ether oxygens (including phenoxy) is 2. The van der Waals surface area contributed by atoms with Crippen LogP contribution in [0.3, 0.4) is 0 Å². The van der Waals surface area contributed by atoms with Gasteiger partial charge in [0.05, 0.1) is 46.1 Å². The van der Waals surface area contributed by atoms with E-state index in [9.17, 15) is 19.2 Å². The van der Waals surface area contributed by atoms with Crippen molar-refractivity contribution in [3.63, 3.8) is 0 Å². The number of amides is 3. The van der Waals surface area contributed by atoms with Crippen molar-refractivity contribution in [3.05, 3.63) is 79.7 Å². The number of aliphatic imine (C=N–C) groups is 1. The van der Waals surface area contributed by atoms with Crippen LogP contribution in [0.5, 0.6) is 0 Å². The third kappa shape index (κ3) is 11.3. The van der Waals surface area contributed by atoms with Gasteiger partial charge in [-0.15, -0.1) is 22.7 Å². The van der Waals surface area contributed by atoms with Crippen molar-refractivity contribution in [2.75, 3.05) is 26.2 Å². The number of fused-ring (bicyclic) bond motifs is 1. The summed E-state index contributed by atoms with van der Waals surface area (Å²) in [6.45, 7) is 9.36. The first kappa shape index (κ1) is 43.0. The van der Waals surface area contributed by atoms with Crippen LogP contribution in [0.1, 0.15) is 89.7 Å². The zero-order valence-corrected chi connectivity index (χ0v) is 35.6. The fourth-order valence-corrected chi connectivity index (χ4v) is 9.27. The number of nitrogens with zero attached hydrogens (tertiary/aromatic N) is 5. The number of hydrogen-bond donors (Lipinski definition) is 3. The number of halogens is 1. The molecule has 3 atom stereocenters. The van der Waals surface area contributed by atoms with Gasteiger partial charge in [-0.3, -0.25) is 19.4 Å². The number of carbonyl (C=O) groups is 4. The monoisotopic (exact) mass is 850 g/mol.